The maximum atomic E-state index is 12.9. The zero-order valence-corrected chi connectivity index (χ0v) is 21.0. The minimum atomic E-state index is -0.706. The fraction of sp³-hybridized carbons (Fsp3) is 0.385. The molecule has 38 heavy (non-hydrogen) atoms. The molecule has 0 fully saturated rings. The molecule has 0 spiro atoms. The molecule has 1 aliphatic rings. The third-order valence-corrected chi connectivity index (χ3v) is 5.63. The number of aliphatic hydroxyl groups excluding tert-OH is 1. The molecule has 1 heterocycles. The Morgan fingerprint density at radius 1 is 1.08 bits per heavy atom. The molecule has 3 rings (SSSR count). The highest BCUT2D eigenvalue weighted by molar-refractivity contribution is 5.92. The maximum absolute atomic E-state index is 12.9. The number of aliphatic hydroxyl groups is 1. The van der Waals surface area contributed by atoms with Gasteiger partial charge >= 0.3 is 5.97 Å². The number of methoxy groups -OCH3 is 1. The number of non-ortho nitro benzene ring substituents is 1. The largest absolute Gasteiger partial charge is 0.465 e. The van der Waals surface area contributed by atoms with Crippen LogP contribution < -0.4 is 10.6 Å². The average Bonchev–Trinajstić information content (AvgIpc) is 2.94. The molecule has 12 nitrogen and oxygen atoms in total. The van der Waals surface area contributed by atoms with Gasteiger partial charge in [-0.05, 0) is 35.9 Å². The number of carbonyl (C=O) groups excluding carboxylic acids is 2. The summed E-state index contributed by atoms with van der Waals surface area (Å²) in [6.45, 7) is 1.25. The Balaban J connectivity index is 1.60. The number of hydrogen-bond acceptors (Lipinski definition) is 10. The highest BCUT2D eigenvalue weighted by Gasteiger charge is 2.29. The molecule has 12 heteroatoms. The molecule has 1 aliphatic heterocycles. The van der Waals surface area contributed by atoms with Crippen LogP contribution in [0.3, 0.4) is 0 Å². The molecule has 0 radical (unpaired) electrons. The van der Waals surface area contributed by atoms with Gasteiger partial charge < -0.3 is 34.7 Å². The Labute approximate surface area is 219 Å². The Bertz CT molecular complexity index is 1100. The van der Waals surface area contributed by atoms with E-state index < -0.39 is 23.1 Å². The Morgan fingerprint density at radius 3 is 2.47 bits per heavy atom. The van der Waals surface area contributed by atoms with E-state index in [-0.39, 0.29) is 50.3 Å². The number of hydrogen-bond donors (Lipinski definition) is 3. The second-order valence-corrected chi connectivity index (χ2v) is 8.23. The number of amides is 1. The number of ether oxygens (including phenoxy) is 4. The molecule has 0 unspecified atom stereocenters. The van der Waals surface area contributed by atoms with E-state index in [4.69, 9.17) is 24.1 Å². The average molecular weight is 530 g/mol. The van der Waals surface area contributed by atoms with Gasteiger partial charge in [-0.2, -0.15) is 0 Å². The predicted octanol–water partition coefficient (Wildman–Crippen LogP) is 2.35. The summed E-state index contributed by atoms with van der Waals surface area (Å²) in [4.78, 5) is 34.9. The lowest BCUT2D eigenvalue weighted by atomic mass is 9.92. The monoisotopic (exact) mass is 529 g/mol. The van der Waals surface area contributed by atoms with Crippen molar-refractivity contribution in [1.82, 2.24) is 5.32 Å². The number of benzene rings is 2. The van der Waals surface area contributed by atoms with Gasteiger partial charge in [0.1, 0.15) is 0 Å². The van der Waals surface area contributed by atoms with Crippen molar-refractivity contribution in [3.05, 3.63) is 81.6 Å². The van der Waals surface area contributed by atoms with Crippen molar-refractivity contribution >= 4 is 23.3 Å². The Morgan fingerprint density at radius 2 is 1.82 bits per heavy atom. The van der Waals surface area contributed by atoms with Gasteiger partial charge in [0.15, 0.2) is 5.76 Å². The normalized spacial score (nSPS) is 16.6. The van der Waals surface area contributed by atoms with Gasteiger partial charge in [0.25, 0.3) is 11.6 Å². The minimum absolute atomic E-state index is 0.00328. The lowest BCUT2D eigenvalue weighted by molar-refractivity contribution is -0.384. The molecule has 1 amide bonds. The van der Waals surface area contributed by atoms with Crippen LogP contribution in [-0.2, 0) is 23.7 Å². The van der Waals surface area contributed by atoms with Crippen molar-refractivity contribution in [3.63, 3.8) is 0 Å². The van der Waals surface area contributed by atoms with Crippen LogP contribution in [0.2, 0.25) is 0 Å². The second kappa shape index (κ2) is 14.7. The van der Waals surface area contributed by atoms with E-state index in [1.54, 1.807) is 42.5 Å². The predicted molar refractivity (Wildman–Crippen MR) is 137 cm³/mol. The van der Waals surface area contributed by atoms with Crippen LogP contribution in [0.5, 0.6) is 0 Å². The van der Waals surface area contributed by atoms with Gasteiger partial charge in [-0.3, -0.25) is 14.9 Å². The van der Waals surface area contributed by atoms with Gasteiger partial charge in [0, 0.05) is 43.2 Å². The van der Waals surface area contributed by atoms with Crippen molar-refractivity contribution < 1.29 is 38.6 Å². The summed E-state index contributed by atoms with van der Waals surface area (Å²) in [6, 6.07) is 12.9. The molecule has 0 saturated heterocycles. The lowest BCUT2D eigenvalue weighted by Crippen LogP contribution is -2.35. The first kappa shape index (κ1) is 28.6. The first-order chi connectivity index (χ1) is 18.4. The summed E-state index contributed by atoms with van der Waals surface area (Å²) in [5.74, 6) is -0.963. The van der Waals surface area contributed by atoms with Crippen LogP contribution in [0.1, 0.15) is 28.3 Å². The van der Waals surface area contributed by atoms with E-state index in [1.807, 2.05) is 0 Å². The van der Waals surface area contributed by atoms with Crippen LogP contribution in [-0.4, -0.2) is 74.8 Å². The van der Waals surface area contributed by atoms with E-state index >= 15 is 0 Å². The number of nitrogens with one attached hydrogen (secondary N) is 2. The molecule has 0 aromatic heterocycles. The first-order valence-corrected chi connectivity index (χ1v) is 12.0. The summed E-state index contributed by atoms with van der Waals surface area (Å²) in [5, 5.41) is 25.5. The number of nitro groups is 1. The smallest absolute Gasteiger partial charge is 0.337 e. The Hall–Kier alpha value is -4.00. The standard InChI is InChI=1S/C26H31N3O9/c1-35-26(32)19-4-2-18(3-5-19)20-16-23(38-24(17-20)37-15-14-36-13-12-30)25(31)28-11-10-27-21-6-8-22(9-7-21)29(33)34/h2-9,16,20,24,27,30H,10-15,17H2,1H3,(H,28,31)/t20-,24+/m0/s1. The molecular formula is C26H31N3O9. The number of anilines is 1. The van der Waals surface area contributed by atoms with Crippen molar-refractivity contribution in [2.24, 2.45) is 0 Å². The van der Waals surface area contributed by atoms with Gasteiger partial charge in [0.2, 0.25) is 6.29 Å². The fourth-order valence-corrected chi connectivity index (χ4v) is 3.71. The van der Waals surface area contributed by atoms with E-state index in [1.165, 1.54) is 19.2 Å². The molecule has 0 aliphatic carbocycles. The molecule has 204 valence electrons. The SMILES string of the molecule is COC(=O)c1ccc([C@H]2C=C(C(=O)NCCNc3ccc([N+](=O)[O-])cc3)O[C@@H](OCCOCCO)C2)cc1. The zero-order chi connectivity index (χ0) is 27.3. The molecule has 2 aromatic rings. The number of nitrogens with zero attached hydrogens (tertiary/aromatic N) is 1. The summed E-state index contributed by atoms with van der Waals surface area (Å²) >= 11 is 0. The molecule has 2 atom stereocenters. The lowest BCUT2D eigenvalue weighted by Gasteiger charge is -2.29. The number of rotatable bonds is 14. The van der Waals surface area contributed by atoms with Gasteiger partial charge in [-0.25, -0.2) is 4.79 Å². The summed E-state index contributed by atoms with van der Waals surface area (Å²) < 4.78 is 21.5. The molecular weight excluding hydrogens is 498 g/mol. The second-order valence-electron chi connectivity index (χ2n) is 8.23. The number of allylic oxidation sites excluding steroid dienone is 1. The third kappa shape index (κ3) is 8.54. The van der Waals surface area contributed by atoms with Crippen LogP contribution in [0, 0.1) is 10.1 Å². The van der Waals surface area contributed by atoms with Crippen molar-refractivity contribution in [2.45, 2.75) is 18.6 Å². The molecule has 3 N–H and O–H groups in total. The highest BCUT2D eigenvalue weighted by atomic mass is 16.7. The summed E-state index contributed by atoms with van der Waals surface area (Å²) in [7, 11) is 1.32. The van der Waals surface area contributed by atoms with Crippen LogP contribution in [0.15, 0.2) is 60.4 Å². The van der Waals surface area contributed by atoms with E-state index in [0.29, 0.717) is 24.2 Å². The number of nitro benzene ring substituents is 1. The van der Waals surface area contributed by atoms with Gasteiger partial charge in [-0.15, -0.1) is 0 Å². The van der Waals surface area contributed by atoms with Crippen molar-refractivity contribution in [3.8, 4) is 0 Å². The topological polar surface area (TPSA) is 158 Å². The zero-order valence-electron chi connectivity index (χ0n) is 21.0. The Kier molecular flexibility index (Phi) is 11.0. The molecule has 2 aromatic carbocycles. The first-order valence-electron chi connectivity index (χ1n) is 12.0. The maximum Gasteiger partial charge on any atom is 0.337 e. The number of carbonyl (C=O) groups is 2. The fourth-order valence-electron chi connectivity index (χ4n) is 3.71. The summed E-state index contributed by atoms with van der Waals surface area (Å²) in [6.07, 6.45) is 1.45. The van der Waals surface area contributed by atoms with E-state index in [2.05, 4.69) is 10.6 Å². The van der Waals surface area contributed by atoms with E-state index in [9.17, 15) is 19.7 Å². The van der Waals surface area contributed by atoms with Crippen LogP contribution in [0.4, 0.5) is 11.4 Å². The number of esters is 1. The van der Waals surface area contributed by atoms with Gasteiger partial charge in [0.05, 0.1) is 44.0 Å². The van der Waals surface area contributed by atoms with Gasteiger partial charge in [-0.1, -0.05) is 12.1 Å². The highest BCUT2D eigenvalue weighted by Crippen LogP contribution is 2.31. The van der Waals surface area contributed by atoms with Crippen molar-refractivity contribution in [1.29, 1.82) is 0 Å². The van der Waals surface area contributed by atoms with E-state index in [0.717, 1.165) is 5.56 Å². The molecule has 0 saturated carbocycles. The quantitative estimate of drug-likeness (QED) is 0.144. The minimum Gasteiger partial charge on any atom is -0.465 e. The molecule has 0 bridgehead atoms. The van der Waals surface area contributed by atoms with Crippen molar-refractivity contribution in [2.75, 3.05) is 51.9 Å². The third-order valence-electron chi connectivity index (χ3n) is 5.63. The summed E-state index contributed by atoms with van der Waals surface area (Å²) in [5.41, 5.74) is 1.97. The van der Waals surface area contributed by atoms with Crippen LogP contribution in [0.25, 0.3) is 0 Å². The van der Waals surface area contributed by atoms with Crippen LogP contribution >= 0.6 is 0 Å².